The summed E-state index contributed by atoms with van der Waals surface area (Å²) in [4.78, 5) is 11.9. The molecular weight excluding hydrogens is 394 g/mol. The van der Waals surface area contributed by atoms with E-state index in [1.165, 1.54) is 7.11 Å². The zero-order valence-corrected chi connectivity index (χ0v) is 13.7. The van der Waals surface area contributed by atoms with Gasteiger partial charge < -0.3 is 9.84 Å². The highest BCUT2D eigenvalue weighted by Gasteiger charge is 2.19. The van der Waals surface area contributed by atoms with E-state index in [1.807, 2.05) is 0 Å². The van der Waals surface area contributed by atoms with Crippen molar-refractivity contribution in [2.24, 2.45) is 0 Å². The molecule has 1 aromatic heterocycles. The van der Waals surface area contributed by atoms with Crippen LogP contribution in [0, 0.1) is 0 Å². The molecule has 0 atom stereocenters. The number of alkyl halides is 1. The van der Waals surface area contributed by atoms with Gasteiger partial charge in [0.25, 0.3) is 0 Å². The lowest BCUT2D eigenvalue weighted by Crippen LogP contribution is -2.12. The number of aromatic nitrogens is 3. The number of nitrogens with zero attached hydrogens (tertiary/aromatic N) is 3. The molecular formula is C12H11Br2N3O3. The Morgan fingerprint density at radius 2 is 2.10 bits per heavy atom. The maximum Gasteiger partial charge on any atom is 0.340 e. The number of esters is 1. The van der Waals surface area contributed by atoms with Crippen LogP contribution in [0.15, 0.2) is 22.7 Å². The van der Waals surface area contributed by atoms with E-state index < -0.39 is 5.97 Å². The zero-order chi connectivity index (χ0) is 14.7. The van der Waals surface area contributed by atoms with E-state index in [0.717, 1.165) is 4.47 Å². The van der Waals surface area contributed by atoms with Crippen LogP contribution in [-0.4, -0.2) is 33.0 Å². The molecule has 8 heteroatoms. The summed E-state index contributed by atoms with van der Waals surface area (Å²) in [5.74, 6) is 0.466. The van der Waals surface area contributed by atoms with Crippen LogP contribution in [-0.2, 0) is 16.7 Å². The van der Waals surface area contributed by atoms with E-state index in [0.29, 0.717) is 28.2 Å². The van der Waals surface area contributed by atoms with E-state index >= 15 is 0 Å². The van der Waals surface area contributed by atoms with Crippen LogP contribution in [0.4, 0.5) is 0 Å². The Hall–Kier alpha value is -1.25. The van der Waals surface area contributed by atoms with Crippen molar-refractivity contribution in [2.75, 3.05) is 7.11 Å². The Morgan fingerprint density at radius 1 is 1.40 bits per heavy atom. The van der Waals surface area contributed by atoms with E-state index in [-0.39, 0.29) is 6.61 Å². The highest BCUT2D eigenvalue weighted by Crippen LogP contribution is 2.24. The average Bonchev–Trinajstić information content (AvgIpc) is 2.89. The molecule has 0 saturated carbocycles. The molecule has 2 rings (SSSR count). The SMILES string of the molecule is COC(=O)c1cc(Br)ccc1-n1c(CO)nnc1CBr. The maximum atomic E-state index is 11.9. The molecule has 106 valence electrons. The maximum absolute atomic E-state index is 11.9. The number of ether oxygens (including phenoxy) is 1. The second kappa shape index (κ2) is 6.47. The molecule has 0 aliphatic carbocycles. The van der Waals surface area contributed by atoms with Crippen LogP contribution in [0.1, 0.15) is 22.0 Å². The smallest absolute Gasteiger partial charge is 0.340 e. The molecule has 20 heavy (non-hydrogen) atoms. The third-order valence-electron chi connectivity index (χ3n) is 2.66. The first-order valence-corrected chi connectivity index (χ1v) is 7.52. The number of hydrogen-bond acceptors (Lipinski definition) is 5. The Balaban J connectivity index is 2.69. The molecule has 0 unspecified atom stereocenters. The van der Waals surface area contributed by atoms with E-state index in [2.05, 4.69) is 42.1 Å². The molecule has 0 amide bonds. The quantitative estimate of drug-likeness (QED) is 0.624. The van der Waals surface area contributed by atoms with Gasteiger partial charge in [-0.3, -0.25) is 4.57 Å². The minimum absolute atomic E-state index is 0.281. The number of halogens is 2. The molecule has 0 bridgehead atoms. The molecule has 1 aromatic carbocycles. The van der Waals surface area contributed by atoms with Gasteiger partial charge in [-0.15, -0.1) is 10.2 Å². The number of methoxy groups -OCH3 is 1. The van der Waals surface area contributed by atoms with Crippen LogP contribution >= 0.6 is 31.9 Å². The summed E-state index contributed by atoms with van der Waals surface area (Å²) in [5, 5.41) is 17.7. The van der Waals surface area contributed by atoms with Gasteiger partial charge in [0.05, 0.1) is 23.7 Å². The van der Waals surface area contributed by atoms with E-state index in [4.69, 9.17) is 4.74 Å². The van der Waals surface area contributed by atoms with E-state index in [9.17, 15) is 9.90 Å². The largest absolute Gasteiger partial charge is 0.465 e. The van der Waals surface area contributed by atoms with Crippen molar-refractivity contribution in [1.82, 2.24) is 14.8 Å². The van der Waals surface area contributed by atoms with E-state index in [1.54, 1.807) is 22.8 Å². The minimum atomic E-state index is -0.473. The van der Waals surface area contributed by atoms with Crippen molar-refractivity contribution in [1.29, 1.82) is 0 Å². The van der Waals surface area contributed by atoms with Gasteiger partial charge in [-0.2, -0.15) is 0 Å². The van der Waals surface area contributed by atoms with Crippen molar-refractivity contribution in [3.63, 3.8) is 0 Å². The Labute approximate surface area is 132 Å². The summed E-state index contributed by atoms with van der Waals surface area (Å²) in [6.45, 7) is -0.281. The summed E-state index contributed by atoms with van der Waals surface area (Å²) in [7, 11) is 1.32. The Morgan fingerprint density at radius 3 is 2.70 bits per heavy atom. The summed E-state index contributed by atoms with van der Waals surface area (Å²) >= 11 is 6.63. The number of rotatable bonds is 4. The van der Waals surface area contributed by atoms with Gasteiger partial charge in [-0.1, -0.05) is 31.9 Å². The number of hydrogen-bond donors (Lipinski definition) is 1. The predicted octanol–water partition coefficient (Wildman–Crippen LogP) is 2.20. The van der Waals surface area contributed by atoms with Crippen molar-refractivity contribution in [2.45, 2.75) is 11.9 Å². The minimum Gasteiger partial charge on any atom is -0.465 e. The number of benzene rings is 1. The topological polar surface area (TPSA) is 77.2 Å². The second-order valence-corrected chi connectivity index (χ2v) is 5.29. The first-order chi connectivity index (χ1) is 9.62. The normalized spacial score (nSPS) is 10.6. The molecule has 0 saturated heterocycles. The summed E-state index contributed by atoms with van der Waals surface area (Å²) in [5.41, 5.74) is 0.919. The Bertz CT molecular complexity index is 621. The monoisotopic (exact) mass is 403 g/mol. The van der Waals surface area contributed by atoms with Crippen molar-refractivity contribution in [3.05, 3.63) is 39.9 Å². The first kappa shape index (κ1) is 15.1. The molecule has 0 aliphatic rings. The van der Waals surface area contributed by atoms with Gasteiger partial charge in [-0.25, -0.2) is 4.79 Å². The van der Waals surface area contributed by atoms with Crippen LogP contribution in [0.3, 0.4) is 0 Å². The van der Waals surface area contributed by atoms with Gasteiger partial charge in [-0.05, 0) is 18.2 Å². The van der Waals surface area contributed by atoms with Crippen LogP contribution in [0.2, 0.25) is 0 Å². The van der Waals surface area contributed by atoms with Crippen molar-refractivity contribution >= 4 is 37.8 Å². The third-order valence-corrected chi connectivity index (χ3v) is 3.66. The Kier molecular flexibility index (Phi) is 4.90. The molecule has 1 N–H and O–H groups in total. The fourth-order valence-corrected chi connectivity index (χ4v) is 2.52. The summed E-state index contributed by atoms with van der Waals surface area (Å²) in [6, 6.07) is 5.19. The molecule has 0 aliphatic heterocycles. The molecule has 2 aromatic rings. The van der Waals surface area contributed by atoms with Crippen LogP contribution in [0.5, 0.6) is 0 Å². The van der Waals surface area contributed by atoms with Crippen molar-refractivity contribution < 1.29 is 14.6 Å². The standard InChI is InChI=1S/C12H11Br2N3O3/c1-20-12(19)8-4-7(14)2-3-9(8)17-10(5-13)15-16-11(17)6-18/h2-4,18H,5-6H2,1H3. The number of carbonyl (C=O) groups is 1. The molecule has 0 spiro atoms. The molecule has 0 radical (unpaired) electrons. The van der Waals surface area contributed by atoms with Gasteiger partial charge in [0.2, 0.25) is 0 Å². The molecule has 1 heterocycles. The summed E-state index contributed by atoms with van der Waals surface area (Å²) in [6.07, 6.45) is 0. The highest BCUT2D eigenvalue weighted by molar-refractivity contribution is 9.10. The van der Waals surface area contributed by atoms with Crippen LogP contribution in [0.25, 0.3) is 5.69 Å². The number of carbonyl (C=O) groups excluding carboxylic acids is 1. The van der Waals surface area contributed by atoms with Crippen molar-refractivity contribution in [3.8, 4) is 5.69 Å². The lowest BCUT2D eigenvalue weighted by Gasteiger charge is -2.12. The highest BCUT2D eigenvalue weighted by atomic mass is 79.9. The van der Waals surface area contributed by atoms with Crippen LogP contribution < -0.4 is 0 Å². The third kappa shape index (κ3) is 2.77. The van der Waals surface area contributed by atoms with Gasteiger partial charge in [0.1, 0.15) is 12.4 Å². The second-order valence-electron chi connectivity index (χ2n) is 3.81. The average molecular weight is 405 g/mol. The zero-order valence-electron chi connectivity index (χ0n) is 10.5. The lowest BCUT2D eigenvalue weighted by molar-refractivity contribution is 0.0600. The molecule has 0 fully saturated rings. The number of aliphatic hydroxyl groups is 1. The molecule has 6 nitrogen and oxygen atoms in total. The lowest BCUT2D eigenvalue weighted by atomic mass is 10.1. The van der Waals surface area contributed by atoms with Gasteiger partial charge in [0.15, 0.2) is 5.82 Å². The summed E-state index contributed by atoms with van der Waals surface area (Å²) < 4.78 is 7.17. The first-order valence-electron chi connectivity index (χ1n) is 5.60. The van der Waals surface area contributed by atoms with Gasteiger partial charge in [0, 0.05) is 4.47 Å². The number of aliphatic hydroxyl groups excluding tert-OH is 1. The predicted molar refractivity (Wildman–Crippen MR) is 79.0 cm³/mol. The fraction of sp³-hybridized carbons (Fsp3) is 0.250. The fourth-order valence-electron chi connectivity index (χ4n) is 1.80. The van der Waals surface area contributed by atoms with Gasteiger partial charge >= 0.3 is 5.97 Å².